The van der Waals surface area contributed by atoms with E-state index < -0.39 is 18.0 Å². The number of halogens is 1. The SMILES string of the molecule is CSc1ccc(Cl)c(C(=O)OC(C)C(=O)Nc2c(C)n(C)n(-c3ccccc3)c2=O)c1. The molecule has 1 amide bonds. The molecule has 0 aliphatic rings. The van der Waals surface area contributed by atoms with Gasteiger partial charge in [-0.15, -0.1) is 11.8 Å². The van der Waals surface area contributed by atoms with E-state index in [1.807, 2.05) is 24.5 Å². The van der Waals surface area contributed by atoms with E-state index in [2.05, 4.69) is 5.32 Å². The van der Waals surface area contributed by atoms with Crippen molar-refractivity contribution < 1.29 is 14.3 Å². The lowest BCUT2D eigenvalue weighted by molar-refractivity contribution is -0.123. The maximum Gasteiger partial charge on any atom is 0.340 e. The van der Waals surface area contributed by atoms with E-state index in [0.29, 0.717) is 11.4 Å². The van der Waals surface area contributed by atoms with Crippen LogP contribution >= 0.6 is 23.4 Å². The van der Waals surface area contributed by atoms with Crippen LogP contribution in [-0.2, 0) is 16.6 Å². The van der Waals surface area contributed by atoms with Crippen molar-refractivity contribution in [1.29, 1.82) is 0 Å². The molecule has 1 N–H and O–H groups in total. The minimum Gasteiger partial charge on any atom is -0.449 e. The molecule has 1 unspecified atom stereocenters. The number of esters is 1. The van der Waals surface area contributed by atoms with Gasteiger partial charge in [0.25, 0.3) is 11.5 Å². The zero-order valence-corrected chi connectivity index (χ0v) is 19.1. The summed E-state index contributed by atoms with van der Waals surface area (Å²) in [4.78, 5) is 38.9. The van der Waals surface area contributed by atoms with Crippen LogP contribution in [0, 0.1) is 6.92 Å². The number of ether oxygens (including phenoxy) is 1. The number of benzene rings is 2. The van der Waals surface area contributed by atoms with Gasteiger partial charge in [-0.1, -0.05) is 29.8 Å². The summed E-state index contributed by atoms with van der Waals surface area (Å²) in [6, 6.07) is 14.1. The van der Waals surface area contributed by atoms with Crippen LogP contribution in [0.15, 0.2) is 58.2 Å². The summed E-state index contributed by atoms with van der Waals surface area (Å²) in [7, 11) is 1.73. The summed E-state index contributed by atoms with van der Waals surface area (Å²) in [6.07, 6.45) is 0.740. The van der Waals surface area contributed by atoms with Crippen molar-refractivity contribution in [3.05, 3.63) is 75.2 Å². The second-order valence-electron chi connectivity index (χ2n) is 6.82. The molecule has 0 radical (unpaired) electrons. The number of hydrogen-bond donors (Lipinski definition) is 1. The third-order valence-electron chi connectivity index (χ3n) is 4.85. The van der Waals surface area contributed by atoms with Gasteiger partial charge in [-0.05, 0) is 50.4 Å². The molecule has 0 aliphatic heterocycles. The third-order valence-corrected chi connectivity index (χ3v) is 5.90. The Morgan fingerprint density at radius 2 is 1.84 bits per heavy atom. The number of rotatable bonds is 6. The van der Waals surface area contributed by atoms with Crippen LogP contribution in [0.3, 0.4) is 0 Å². The molecule has 0 saturated heterocycles. The average molecular weight is 460 g/mol. The van der Waals surface area contributed by atoms with E-state index >= 15 is 0 Å². The monoisotopic (exact) mass is 459 g/mol. The van der Waals surface area contributed by atoms with Crippen LogP contribution < -0.4 is 10.9 Å². The van der Waals surface area contributed by atoms with Crippen molar-refractivity contribution in [2.24, 2.45) is 7.05 Å². The van der Waals surface area contributed by atoms with Gasteiger partial charge in [0.2, 0.25) is 0 Å². The summed E-state index contributed by atoms with van der Waals surface area (Å²) in [5, 5.41) is 2.83. The smallest absolute Gasteiger partial charge is 0.340 e. The number of carbonyl (C=O) groups is 2. The standard InChI is InChI=1S/C22H22ClN3O4S/c1-13-19(21(28)26(25(13)3)15-8-6-5-7-9-15)24-20(27)14(2)30-22(29)17-12-16(31-4)10-11-18(17)23/h5-12,14H,1-4H3,(H,24,27). The van der Waals surface area contributed by atoms with Crippen molar-refractivity contribution >= 4 is 40.9 Å². The molecular formula is C22H22ClN3O4S. The Morgan fingerprint density at radius 1 is 1.16 bits per heavy atom. The maximum absolute atomic E-state index is 12.9. The lowest BCUT2D eigenvalue weighted by Crippen LogP contribution is -2.32. The van der Waals surface area contributed by atoms with Crippen molar-refractivity contribution in [2.45, 2.75) is 24.8 Å². The van der Waals surface area contributed by atoms with Gasteiger partial charge in [0.05, 0.1) is 22.0 Å². The van der Waals surface area contributed by atoms with Gasteiger partial charge in [-0.25, -0.2) is 9.48 Å². The molecule has 31 heavy (non-hydrogen) atoms. The fraction of sp³-hybridized carbons (Fsp3) is 0.227. The second kappa shape index (κ2) is 9.45. The number of anilines is 1. The quantitative estimate of drug-likeness (QED) is 0.444. The van der Waals surface area contributed by atoms with E-state index in [0.717, 1.165) is 4.90 Å². The first kappa shape index (κ1) is 22.7. The lowest BCUT2D eigenvalue weighted by atomic mass is 10.2. The largest absolute Gasteiger partial charge is 0.449 e. The van der Waals surface area contributed by atoms with Crippen molar-refractivity contribution in [3.63, 3.8) is 0 Å². The first-order valence-electron chi connectivity index (χ1n) is 9.44. The molecule has 3 rings (SSSR count). The number of aromatic nitrogens is 2. The predicted molar refractivity (Wildman–Crippen MR) is 122 cm³/mol. The first-order chi connectivity index (χ1) is 14.7. The van der Waals surface area contributed by atoms with Gasteiger partial charge in [0.15, 0.2) is 6.10 Å². The molecule has 0 bridgehead atoms. The number of hydrogen-bond acceptors (Lipinski definition) is 5. The van der Waals surface area contributed by atoms with Crippen LogP contribution in [0.5, 0.6) is 0 Å². The zero-order valence-electron chi connectivity index (χ0n) is 17.5. The van der Waals surface area contributed by atoms with E-state index in [9.17, 15) is 14.4 Å². The Labute approximate surface area is 188 Å². The summed E-state index contributed by atoms with van der Waals surface area (Å²) in [5.41, 5.74) is 1.16. The van der Waals surface area contributed by atoms with Gasteiger partial charge in [-0.3, -0.25) is 14.3 Å². The van der Waals surface area contributed by atoms with Gasteiger partial charge in [-0.2, -0.15) is 0 Å². The van der Waals surface area contributed by atoms with Gasteiger partial charge in [0.1, 0.15) is 5.69 Å². The van der Waals surface area contributed by atoms with E-state index in [1.165, 1.54) is 23.4 Å². The molecular weight excluding hydrogens is 438 g/mol. The van der Waals surface area contributed by atoms with Gasteiger partial charge in [0, 0.05) is 11.9 Å². The number of carbonyl (C=O) groups excluding carboxylic acids is 2. The molecule has 9 heteroatoms. The van der Waals surface area contributed by atoms with E-state index in [4.69, 9.17) is 16.3 Å². The summed E-state index contributed by atoms with van der Waals surface area (Å²) in [6.45, 7) is 3.16. The number of nitrogens with zero attached hydrogens (tertiary/aromatic N) is 2. The number of para-hydroxylation sites is 1. The molecule has 2 aromatic carbocycles. The molecule has 3 aromatic rings. The van der Waals surface area contributed by atoms with E-state index in [1.54, 1.807) is 49.0 Å². The molecule has 162 valence electrons. The molecule has 7 nitrogen and oxygen atoms in total. The Bertz CT molecular complexity index is 1190. The predicted octanol–water partition coefficient (Wildman–Crippen LogP) is 4.04. The zero-order chi connectivity index (χ0) is 22.7. The average Bonchev–Trinajstić information content (AvgIpc) is 2.97. The van der Waals surface area contributed by atoms with Crippen molar-refractivity contribution in [1.82, 2.24) is 9.36 Å². The summed E-state index contributed by atoms with van der Waals surface area (Å²) < 4.78 is 8.40. The maximum atomic E-state index is 12.9. The Balaban J connectivity index is 1.79. The Kier molecular flexibility index (Phi) is 6.92. The van der Waals surface area contributed by atoms with Crippen LogP contribution in [-0.4, -0.2) is 33.6 Å². The van der Waals surface area contributed by atoms with Crippen LogP contribution in [0.4, 0.5) is 5.69 Å². The highest BCUT2D eigenvalue weighted by Crippen LogP contribution is 2.24. The molecule has 1 aromatic heterocycles. The molecule has 0 spiro atoms. The van der Waals surface area contributed by atoms with Crippen molar-refractivity contribution in [3.8, 4) is 5.69 Å². The van der Waals surface area contributed by atoms with Crippen LogP contribution in [0.1, 0.15) is 23.0 Å². The topological polar surface area (TPSA) is 82.3 Å². The highest BCUT2D eigenvalue weighted by atomic mass is 35.5. The Hall–Kier alpha value is -2.97. The Morgan fingerprint density at radius 3 is 2.48 bits per heavy atom. The van der Waals surface area contributed by atoms with Crippen LogP contribution in [0.25, 0.3) is 5.69 Å². The normalized spacial score (nSPS) is 11.8. The van der Waals surface area contributed by atoms with Crippen LogP contribution in [0.2, 0.25) is 5.02 Å². The number of nitrogens with one attached hydrogen (secondary N) is 1. The van der Waals surface area contributed by atoms with E-state index in [-0.39, 0.29) is 21.8 Å². The number of thioether (sulfide) groups is 1. The summed E-state index contributed by atoms with van der Waals surface area (Å²) >= 11 is 7.56. The molecule has 1 heterocycles. The fourth-order valence-electron chi connectivity index (χ4n) is 3.00. The molecule has 0 saturated carbocycles. The van der Waals surface area contributed by atoms with Gasteiger partial charge >= 0.3 is 5.97 Å². The molecule has 1 atom stereocenters. The second-order valence-corrected chi connectivity index (χ2v) is 8.11. The minimum atomic E-state index is -1.13. The third kappa shape index (κ3) is 4.70. The lowest BCUT2D eigenvalue weighted by Gasteiger charge is -2.14. The molecule has 0 fully saturated rings. The number of amides is 1. The molecule has 0 aliphatic carbocycles. The highest BCUT2D eigenvalue weighted by Gasteiger charge is 2.24. The summed E-state index contributed by atoms with van der Waals surface area (Å²) in [5.74, 6) is -1.33. The minimum absolute atomic E-state index is 0.127. The van der Waals surface area contributed by atoms with Crippen molar-refractivity contribution in [2.75, 3.05) is 11.6 Å². The fourth-order valence-corrected chi connectivity index (χ4v) is 3.64. The van der Waals surface area contributed by atoms with Gasteiger partial charge < -0.3 is 10.1 Å². The first-order valence-corrected chi connectivity index (χ1v) is 11.0. The highest BCUT2D eigenvalue weighted by molar-refractivity contribution is 7.98.